The minimum Gasteiger partial charge on any atom is -0.493 e. The van der Waals surface area contributed by atoms with E-state index in [2.05, 4.69) is 0 Å². The summed E-state index contributed by atoms with van der Waals surface area (Å²) in [7, 11) is 1.46. The van der Waals surface area contributed by atoms with Crippen molar-refractivity contribution in [2.75, 3.05) is 20.3 Å². The number of thioether (sulfide) groups is 1. The van der Waals surface area contributed by atoms with Gasteiger partial charge >= 0.3 is 5.97 Å². The fraction of sp³-hybridized carbons (Fsp3) is 0.207. The first-order chi connectivity index (χ1) is 17.8. The van der Waals surface area contributed by atoms with Gasteiger partial charge in [0.05, 0.1) is 24.1 Å². The Morgan fingerprint density at radius 3 is 2.41 bits per heavy atom. The molecule has 0 radical (unpaired) electrons. The molecule has 0 saturated carbocycles. The molecule has 3 aromatic carbocycles. The van der Waals surface area contributed by atoms with E-state index in [4.69, 9.17) is 14.2 Å². The van der Waals surface area contributed by atoms with Gasteiger partial charge in [0.15, 0.2) is 11.5 Å². The van der Waals surface area contributed by atoms with Crippen molar-refractivity contribution in [1.82, 2.24) is 4.90 Å². The van der Waals surface area contributed by atoms with E-state index in [0.29, 0.717) is 16.9 Å². The zero-order valence-electron chi connectivity index (χ0n) is 21.1. The highest BCUT2D eigenvalue weighted by atomic mass is 32.2. The molecule has 2 amide bonds. The largest absolute Gasteiger partial charge is 0.493 e. The molecular formula is C29H27NO6S. The number of carbonyl (C=O) groups excluding carboxylic acids is 3. The van der Waals surface area contributed by atoms with E-state index in [1.165, 1.54) is 13.2 Å². The predicted octanol–water partition coefficient (Wildman–Crippen LogP) is 5.95. The molecule has 1 aliphatic heterocycles. The number of rotatable bonds is 8. The van der Waals surface area contributed by atoms with Gasteiger partial charge in [-0.2, -0.15) is 0 Å². The lowest BCUT2D eigenvalue weighted by molar-refractivity contribution is -0.123. The van der Waals surface area contributed by atoms with E-state index in [9.17, 15) is 14.4 Å². The van der Waals surface area contributed by atoms with Crippen LogP contribution in [0.5, 0.6) is 17.2 Å². The highest BCUT2D eigenvalue weighted by molar-refractivity contribution is 8.18. The Bertz CT molecular complexity index is 1380. The van der Waals surface area contributed by atoms with Gasteiger partial charge in [0.1, 0.15) is 12.4 Å². The number of aryl methyl sites for hydroxylation is 3. The average molecular weight is 518 g/mol. The van der Waals surface area contributed by atoms with E-state index < -0.39 is 11.9 Å². The van der Waals surface area contributed by atoms with E-state index >= 15 is 0 Å². The zero-order chi connectivity index (χ0) is 26.5. The van der Waals surface area contributed by atoms with Crippen LogP contribution in [0, 0.1) is 20.8 Å². The minimum absolute atomic E-state index is 0.114. The quantitative estimate of drug-likeness (QED) is 0.207. The van der Waals surface area contributed by atoms with E-state index in [0.717, 1.165) is 39.1 Å². The second kappa shape index (κ2) is 11.3. The molecule has 0 spiro atoms. The molecule has 0 aromatic heterocycles. The van der Waals surface area contributed by atoms with Crippen molar-refractivity contribution in [3.63, 3.8) is 0 Å². The van der Waals surface area contributed by atoms with Crippen LogP contribution in [0.4, 0.5) is 4.79 Å². The van der Waals surface area contributed by atoms with Crippen LogP contribution < -0.4 is 14.2 Å². The molecule has 1 saturated heterocycles. The number of imide groups is 1. The van der Waals surface area contributed by atoms with Gasteiger partial charge in [-0.05, 0) is 74.0 Å². The van der Waals surface area contributed by atoms with Gasteiger partial charge < -0.3 is 14.2 Å². The van der Waals surface area contributed by atoms with Gasteiger partial charge in [-0.1, -0.05) is 42.0 Å². The summed E-state index contributed by atoms with van der Waals surface area (Å²) < 4.78 is 16.9. The molecular weight excluding hydrogens is 490 g/mol. The molecule has 1 fully saturated rings. The van der Waals surface area contributed by atoms with E-state index in [1.807, 2.05) is 51.1 Å². The number of nitrogens with zero attached hydrogens (tertiary/aromatic N) is 1. The number of para-hydroxylation sites is 1. The lowest BCUT2D eigenvalue weighted by atomic mass is 10.1. The normalized spacial score (nSPS) is 14.3. The van der Waals surface area contributed by atoms with Crippen molar-refractivity contribution in [1.29, 1.82) is 0 Å². The summed E-state index contributed by atoms with van der Waals surface area (Å²) in [6, 6.07) is 17.9. The van der Waals surface area contributed by atoms with Crippen LogP contribution in [0.15, 0.2) is 65.6 Å². The van der Waals surface area contributed by atoms with Crippen LogP contribution >= 0.6 is 11.8 Å². The monoisotopic (exact) mass is 517 g/mol. The summed E-state index contributed by atoms with van der Waals surface area (Å²) in [6.45, 7) is 6.13. The lowest BCUT2D eigenvalue weighted by Gasteiger charge is -2.15. The number of ether oxygens (including phenoxy) is 3. The second-order valence-electron chi connectivity index (χ2n) is 8.58. The Morgan fingerprint density at radius 2 is 1.68 bits per heavy atom. The summed E-state index contributed by atoms with van der Waals surface area (Å²) in [5.41, 5.74) is 3.88. The highest BCUT2D eigenvalue weighted by Gasteiger charge is 2.35. The molecule has 0 aliphatic carbocycles. The summed E-state index contributed by atoms with van der Waals surface area (Å²) in [5.74, 6) is 0.226. The van der Waals surface area contributed by atoms with Crippen molar-refractivity contribution < 1.29 is 28.6 Å². The molecule has 0 N–H and O–H groups in total. The zero-order valence-corrected chi connectivity index (χ0v) is 21.9. The molecule has 1 aliphatic rings. The predicted molar refractivity (Wildman–Crippen MR) is 143 cm³/mol. The molecule has 4 rings (SSSR count). The van der Waals surface area contributed by atoms with Gasteiger partial charge in [-0.25, -0.2) is 4.79 Å². The lowest BCUT2D eigenvalue weighted by Crippen LogP contribution is -2.32. The molecule has 1 heterocycles. The third-order valence-corrected chi connectivity index (χ3v) is 6.69. The van der Waals surface area contributed by atoms with Gasteiger partial charge in [0.25, 0.3) is 11.1 Å². The maximum Gasteiger partial charge on any atom is 0.343 e. The van der Waals surface area contributed by atoms with Crippen molar-refractivity contribution in [2.24, 2.45) is 0 Å². The maximum atomic E-state index is 13.0. The van der Waals surface area contributed by atoms with Gasteiger partial charge in [-0.15, -0.1) is 0 Å². The van der Waals surface area contributed by atoms with Gasteiger partial charge in [0.2, 0.25) is 0 Å². The average Bonchev–Trinajstić information content (AvgIpc) is 3.14. The summed E-state index contributed by atoms with van der Waals surface area (Å²) >= 11 is 0.829. The summed E-state index contributed by atoms with van der Waals surface area (Å²) in [6.07, 6.45) is 1.54. The van der Waals surface area contributed by atoms with E-state index in [1.54, 1.807) is 30.3 Å². The van der Waals surface area contributed by atoms with Gasteiger partial charge in [0, 0.05) is 5.56 Å². The highest BCUT2D eigenvalue weighted by Crippen LogP contribution is 2.37. The van der Waals surface area contributed by atoms with Crippen LogP contribution in [-0.4, -0.2) is 42.3 Å². The molecule has 0 bridgehead atoms. The van der Waals surface area contributed by atoms with Crippen molar-refractivity contribution in [3.8, 4) is 17.2 Å². The smallest absolute Gasteiger partial charge is 0.343 e. The standard InChI is InChI=1S/C29H27NO6S/c1-18-9-12-21(13-10-18)28(32)36-26-22(6-5-7-23(26)34-4)17-25-27(31)30(29(33)37-25)14-15-35-24-16-19(2)8-11-20(24)3/h5-13,16-17H,14-15H2,1-4H3/b25-17-. The topological polar surface area (TPSA) is 82.1 Å². The van der Waals surface area contributed by atoms with Gasteiger partial charge in [-0.3, -0.25) is 14.5 Å². The number of amides is 2. The first-order valence-electron chi connectivity index (χ1n) is 11.7. The minimum atomic E-state index is -0.559. The van der Waals surface area contributed by atoms with Crippen LogP contribution in [0.1, 0.15) is 32.6 Å². The molecule has 37 heavy (non-hydrogen) atoms. The van der Waals surface area contributed by atoms with Crippen molar-refractivity contribution in [3.05, 3.63) is 93.4 Å². The maximum absolute atomic E-state index is 13.0. The van der Waals surface area contributed by atoms with Crippen molar-refractivity contribution >= 4 is 35.0 Å². The number of hydrogen-bond donors (Lipinski definition) is 0. The Balaban J connectivity index is 1.51. The number of esters is 1. The molecule has 3 aromatic rings. The SMILES string of the molecule is COc1cccc(/C=C2\SC(=O)N(CCOc3cc(C)ccc3C)C2=O)c1OC(=O)c1ccc(C)cc1. The molecule has 0 unspecified atom stereocenters. The number of carbonyl (C=O) groups is 3. The third kappa shape index (κ3) is 6.03. The summed E-state index contributed by atoms with van der Waals surface area (Å²) in [5, 5.41) is -0.387. The Kier molecular flexibility index (Phi) is 7.98. The molecule has 0 atom stereocenters. The van der Waals surface area contributed by atoms with Crippen LogP contribution in [-0.2, 0) is 4.79 Å². The fourth-order valence-corrected chi connectivity index (χ4v) is 4.56. The van der Waals surface area contributed by atoms with Crippen LogP contribution in [0.2, 0.25) is 0 Å². The first kappa shape index (κ1) is 26.0. The first-order valence-corrected chi connectivity index (χ1v) is 12.5. The van der Waals surface area contributed by atoms with Crippen LogP contribution in [0.25, 0.3) is 6.08 Å². The Morgan fingerprint density at radius 1 is 0.946 bits per heavy atom. The molecule has 190 valence electrons. The molecule has 8 heteroatoms. The number of hydrogen-bond acceptors (Lipinski definition) is 7. The number of benzene rings is 3. The fourth-order valence-electron chi connectivity index (χ4n) is 3.70. The molecule has 7 nitrogen and oxygen atoms in total. The Labute approximate surface area is 220 Å². The van der Waals surface area contributed by atoms with E-state index in [-0.39, 0.29) is 29.0 Å². The third-order valence-electron chi connectivity index (χ3n) is 5.79. The Hall–Kier alpha value is -4.04. The number of methoxy groups -OCH3 is 1. The summed E-state index contributed by atoms with van der Waals surface area (Å²) in [4.78, 5) is 39.8. The van der Waals surface area contributed by atoms with Crippen molar-refractivity contribution in [2.45, 2.75) is 20.8 Å². The second-order valence-corrected chi connectivity index (χ2v) is 9.58. The van der Waals surface area contributed by atoms with Crippen LogP contribution in [0.3, 0.4) is 0 Å².